The Morgan fingerprint density at radius 3 is 2.40 bits per heavy atom. The number of piperidine rings is 1. The summed E-state index contributed by atoms with van der Waals surface area (Å²) in [6.07, 6.45) is 4.22. The van der Waals surface area contributed by atoms with Crippen LogP contribution in [0.15, 0.2) is 30.3 Å². The highest BCUT2D eigenvalue weighted by molar-refractivity contribution is 5.88. The van der Waals surface area contributed by atoms with Crippen molar-refractivity contribution in [3.8, 4) is 0 Å². The van der Waals surface area contributed by atoms with E-state index in [1.807, 2.05) is 30.3 Å². The topological polar surface area (TPSA) is 75.4 Å². The molecule has 3 N–H and O–H groups in total. The second-order valence-corrected chi connectivity index (χ2v) is 7.01. The molecular weight excluding hydrogens is 314 g/mol. The number of carbonyl (C=O) groups is 2. The maximum absolute atomic E-state index is 13.0. The van der Waals surface area contributed by atoms with E-state index in [0.717, 1.165) is 50.7 Å². The number of amides is 2. The predicted molar refractivity (Wildman–Crippen MR) is 100 cm³/mol. The second-order valence-electron chi connectivity index (χ2n) is 7.01. The molecule has 1 aromatic rings. The van der Waals surface area contributed by atoms with Gasteiger partial charge in [0.25, 0.3) is 0 Å². The van der Waals surface area contributed by atoms with Gasteiger partial charge >= 0.3 is 0 Å². The monoisotopic (exact) mass is 345 g/mol. The van der Waals surface area contributed by atoms with Crippen LogP contribution in [0.2, 0.25) is 0 Å². The second kappa shape index (κ2) is 8.99. The first kappa shape index (κ1) is 19.4. The van der Waals surface area contributed by atoms with Crippen LogP contribution in [0, 0.1) is 5.92 Å². The number of carbonyl (C=O) groups excluding carboxylic acids is 2. The van der Waals surface area contributed by atoms with Crippen molar-refractivity contribution in [1.29, 1.82) is 0 Å². The van der Waals surface area contributed by atoms with Crippen LogP contribution in [0.5, 0.6) is 0 Å². The molecule has 25 heavy (non-hydrogen) atoms. The first-order valence-electron chi connectivity index (χ1n) is 9.36. The molecule has 0 saturated carbocycles. The van der Waals surface area contributed by atoms with Crippen LogP contribution >= 0.6 is 0 Å². The van der Waals surface area contributed by atoms with Crippen molar-refractivity contribution >= 4 is 12.3 Å². The molecule has 0 spiro atoms. The molecule has 0 radical (unpaired) electrons. The van der Waals surface area contributed by atoms with Crippen molar-refractivity contribution in [2.24, 2.45) is 11.7 Å². The van der Waals surface area contributed by atoms with Gasteiger partial charge in [0.15, 0.2) is 0 Å². The highest BCUT2D eigenvalue weighted by Crippen LogP contribution is 2.32. The average Bonchev–Trinajstić information content (AvgIpc) is 2.68. The molecule has 2 rings (SSSR count). The number of hydrogen-bond donors (Lipinski definition) is 2. The highest BCUT2D eigenvalue weighted by Gasteiger charge is 2.37. The molecule has 1 aromatic carbocycles. The van der Waals surface area contributed by atoms with Crippen LogP contribution in [0.1, 0.15) is 45.1 Å². The van der Waals surface area contributed by atoms with Crippen LogP contribution in [-0.2, 0) is 15.0 Å². The Hall–Kier alpha value is -1.88. The molecular formula is C20H31N3O2. The minimum Gasteiger partial charge on any atom is -0.354 e. The van der Waals surface area contributed by atoms with E-state index in [0.29, 0.717) is 12.5 Å². The molecule has 1 atom stereocenters. The Labute approximate surface area is 151 Å². The first-order valence-corrected chi connectivity index (χ1v) is 9.36. The summed E-state index contributed by atoms with van der Waals surface area (Å²) in [6.45, 7) is 6.12. The van der Waals surface area contributed by atoms with Gasteiger partial charge in [-0.2, -0.15) is 0 Å². The molecule has 1 aliphatic heterocycles. The molecule has 1 aliphatic rings. The fourth-order valence-corrected chi connectivity index (χ4v) is 3.87. The third-order valence-electron chi connectivity index (χ3n) is 5.80. The number of nitrogens with zero attached hydrogens (tertiary/aromatic N) is 1. The summed E-state index contributed by atoms with van der Waals surface area (Å²) in [4.78, 5) is 25.6. The summed E-state index contributed by atoms with van der Waals surface area (Å²) in [6, 6.07) is 9.92. The van der Waals surface area contributed by atoms with Crippen molar-refractivity contribution < 1.29 is 9.59 Å². The van der Waals surface area contributed by atoms with E-state index in [1.165, 1.54) is 0 Å². The fraction of sp³-hybridized carbons (Fsp3) is 0.600. The van der Waals surface area contributed by atoms with Gasteiger partial charge in [-0.05, 0) is 37.2 Å². The lowest BCUT2D eigenvalue weighted by Crippen LogP contribution is -2.50. The lowest BCUT2D eigenvalue weighted by atomic mass is 9.75. The van der Waals surface area contributed by atoms with Crippen molar-refractivity contribution in [3.63, 3.8) is 0 Å². The maximum Gasteiger partial charge on any atom is 0.230 e. The summed E-state index contributed by atoms with van der Waals surface area (Å²) >= 11 is 0. The van der Waals surface area contributed by atoms with Crippen molar-refractivity contribution in [2.75, 3.05) is 19.6 Å². The standard InChI is InChI=1S/C20H31N3O2/c1-3-20(4-2,17-8-6-5-7-9-17)19(25)22-14-18(21)16-10-12-23(15-24)13-11-16/h5-9,15-16,18H,3-4,10-14,21H2,1-2H3,(H,22,25). The third-order valence-corrected chi connectivity index (χ3v) is 5.80. The van der Waals surface area contributed by atoms with Gasteiger partial charge in [0.2, 0.25) is 12.3 Å². The number of hydrogen-bond acceptors (Lipinski definition) is 3. The Balaban J connectivity index is 1.96. The van der Waals surface area contributed by atoms with Gasteiger partial charge in [-0.25, -0.2) is 0 Å². The number of benzene rings is 1. The van der Waals surface area contributed by atoms with E-state index in [1.54, 1.807) is 4.90 Å². The zero-order valence-corrected chi connectivity index (χ0v) is 15.4. The molecule has 138 valence electrons. The first-order chi connectivity index (χ1) is 12.1. The normalized spacial score (nSPS) is 17.2. The van der Waals surface area contributed by atoms with E-state index in [-0.39, 0.29) is 11.9 Å². The van der Waals surface area contributed by atoms with Gasteiger partial charge in [-0.15, -0.1) is 0 Å². The Bertz CT molecular complexity index is 549. The SMILES string of the molecule is CCC(CC)(C(=O)NCC(N)C1CCN(C=O)CC1)c1ccccc1. The Morgan fingerprint density at radius 1 is 1.28 bits per heavy atom. The van der Waals surface area contributed by atoms with Crippen molar-refractivity contribution in [2.45, 2.75) is 51.0 Å². The van der Waals surface area contributed by atoms with E-state index >= 15 is 0 Å². The molecule has 1 saturated heterocycles. The summed E-state index contributed by atoms with van der Waals surface area (Å²) in [5.74, 6) is 0.412. The van der Waals surface area contributed by atoms with Crippen molar-refractivity contribution in [3.05, 3.63) is 35.9 Å². The number of nitrogens with one attached hydrogen (secondary N) is 1. The maximum atomic E-state index is 13.0. The molecule has 0 bridgehead atoms. The third kappa shape index (κ3) is 4.40. The van der Waals surface area contributed by atoms with Gasteiger partial charge in [-0.1, -0.05) is 44.2 Å². The predicted octanol–water partition coefficient (Wildman–Crippen LogP) is 2.06. The summed E-state index contributed by atoms with van der Waals surface area (Å²) in [7, 11) is 0. The highest BCUT2D eigenvalue weighted by atomic mass is 16.2. The van der Waals surface area contributed by atoms with Crippen LogP contribution in [0.25, 0.3) is 0 Å². The van der Waals surface area contributed by atoms with Gasteiger partial charge in [0, 0.05) is 25.7 Å². The van der Waals surface area contributed by atoms with E-state index in [2.05, 4.69) is 19.2 Å². The molecule has 1 heterocycles. The smallest absolute Gasteiger partial charge is 0.230 e. The molecule has 0 aliphatic carbocycles. The minimum atomic E-state index is -0.498. The molecule has 5 heteroatoms. The number of nitrogens with two attached hydrogens (primary N) is 1. The molecule has 1 unspecified atom stereocenters. The fourth-order valence-electron chi connectivity index (χ4n) is 3.87. The van der Waals surface area contributed by atoms with Crippen molar-refractivity contribution in [1.82, 2.24) is 10.2 Å². The largest absolute Gasteiger partial charge is 0.354 e. The summed E-state index contributed by atoms with van der Waals surface area (Å²) in [5.41, 5.74) is 6.89. The molecule has 2 amide bonds. The number of rotatable bonds is 8. The lowest BCUT2D eigenvalue weighted by Gasteiger charge is -2.34. The van der Waals surface area contributed by atoms with Gasteiger partial charge in [0.1, 0.15) is 0 Å². The Kier molecular flexibility index (Phi) is 7.00. The van der Waals surface area contributed by atoms with E-state index in [4.69, 9.17) is 5.73 Å². The van der Waals surface area contributed by atoms with Crippen LogP contribution in [0.3, 0.4) is 0 Å². The average molecular weight is 345 g/mol. The van der Waals surface area contributed by atoms with E-state index < -0.39 is 5.41 Å². The molecule has 0 aromatic heterocycles. The lowest BCUT2D eigenvalue weighted by molar-refractivity contribution is -0.127. The quantitative estimate of drug-likeness (QED) is 0.708. The Morgan fingerprint density at radius 2 is 1.88 bits per heavy atom. The molecule has 1 fully saturated rings. The summed E-state index contributed by atoms with van der Waals surface area (Å²) in [5, 5.41) is 3.10. The van der Waals surface area contributed by atoms with Gasteiger partial charge in [-0.3, -0.25) is 9.59 Å². The zero-order valence-electron chi connectivity index (χ0n) is 15.4. The zero-order chi connectivity index (χ0) is 18.3. The van der Waals surface area contributed by atoms with Gasteiger partial charge < -0.3 is 16.0 Å². The van der Waals surface area contributed by atoms with Crippen LogP contribution in [0.4, 0.5) is 0 Å². The summed E-state index contributed by atoms with van der Waals surface area (Å²) < 4.78 is 0. The van der Waals surface area contributed by atoms with Gasteiger partial charge in [0.05, 0.1) is 5.41 Å². The number of likely N-dealkylation sites (tertiary alicyclic amines) is 1. The molecule has 5 nitrogen and oxygen atoms in total. The van der Waals surface area contributed by atoms with Crippen LogP contribution in [-0.4, -0.2) is 42.9 Å². The van der Waals surface area contributed by atoms with Crippen LogP contribution < -0.4 is 11.1 Å². The minimum absolute atomic E-state index is 0.0597. The van der Waals surface area contributed by atoms with E-state index in [9.17, 15) is 9.59 Å².